The SMILES string of the molecule is C.C=Cc1ccccc1OC(C)=O. The first-order chi connectivity index (χ1) is 5.74. The van der Waals surface area contributed by atoms with Gasteiger partial charge in [-0.1, -0.05) is 38.3 Å². The van der Waals surface area contributed by atoms with Gasteiger partial charge in [-0.15, -0.1) is 0 Å². The molecule has 2 heteroatoms. The summed E-state index contributed by atoms with van der Waals surface area (Å²) < 4.78 is 4.93. The molecule has 0 N–H and O–H groups in total. The molecular weight excluding hydrogens is 164 g/mol. The van der Waals surface area contributed by atoms with Crippen LogP contribution in [0.2, 0.25) is 0 Å². The van der Waals surface area contributed by atoms with Crippen LogP contribution in [0.3, 0.4) is 0 Å². The van der Waals surface area contributed by atoms with Gasteiger partial charge in [-0.3, -0.25) is 4.79 Å². The van der Waals surface area contributed by atoms with Gasteiger partial charge in [0.1, 0.15) is 5.75 Å². The third kappa shape index (κ3) is 3.11. The van der Waals surface area contributed by atoms with E-state index in [0.29, 0.717) is 5.75 Å². The Kier molecular flexibility index (Phi) is 4.52. The Labute approximate surface area is 78.8 Å². The van der Waals surface area contributed by atoms with Crippen LogP contribution in [0.1, 0.15) is 19.9 Å². The number of ether oxygens (including phenoxy) is 1. The molecule has 0 fully saturated rings. The molecule has 0 amide bonds. The van der Waals surface area contributed by atoms with Gasteiger partial charge >= 0.3 is 5.97 Å². The van der Waals surface area contributed by atoms with Crippen LogP contribution < -0.4 is 4.74 Å². The fourth-order valence-corrected chi connectivity index (χ4v) is 0.897. The number of rotatable bonds is 2. The number of carbonyl (C=O) groups excluding carboxylic acids is 1. The molecule has 0 unspecified atom stereocenters. The van der Waals surface area contributed by atoms with Gasteiger partial charge in [0.15, 0.2) is 0 Å². The molecular formula is C11H14O2. The smallest absolute Gasteiger partial charge is 0.308 e. The lowest BCUT2D eigenvalue weighted by molar-refractivity contribution is -0.131. The van der Waals surface area contributed by atoms with Crippen molar-refractivity contribution in [1.82, 2.24) is 0 Å². The fourth-order valence-electron chi connectivity index (χ4n) is 0.897. The van der Waals surface area contributed by atoms with Crippen molar-refractivity contribution in [2.45, 2.75) is 14.4 Å². The second-order valence-corrected chi connectivity index (χ2v) is 2.34. The first-order valence-electron chi connectivity index (χ1n) is 3.64. The Hall–Kier alpha value is -1.57. The van der Waals surface area contributed by atoms with Gasteiger partial charge < -0.3 is 4.74 Å². The molecule has 0 spiro atoms. The van der Waals surface area contributed by atoms with Crippen LogP contribution in [-0.2, 0) is 4.79 Å². The molecule has 0 atom stereocenters. The average molecular weight is 178 g/mol. The van der Waals surface area contributed by atoms with E-state index in [4.69, 9.17) is 4.74 Å². The molecule has 1 aromatic carbocycles. The van der Waals surface area contributed by atoms with Gasteiger partial charge in [-0.2, -0.15) is 0 Å². The monoisotopic (exact) mass is 178 g/mol. The average Bonchev–Trinajstić information content (AvgIpc) is 2.04. The van der Waals surface area contributed by atoms with Gasteiger partial charge in [0.2, 0.25) is 0 Å². The minimum Gasteiger partial charge on any atom is -0.426 e. The highest BCUT2D eigenvalue weighted by Crippen LogP contribution is 2.18. The Morgan fingerprint density at radius 3 is 2.62 bits per heavy atom. The van der Waals surface area contributed by atoms with Gasteiger partial charge in [0.05, 0.1) is 0 Å². The predicted octanol–water partition coefficient (Wildman–Crippen LogP) is 2.89. The Morgan fingerprint density at radius 2 is 2.08 bits per heavy atom. The normalized spacial score (nSPS) is 8.38. The summed E-state index contributed by atoms with van der Waals surface area (Å²) >= 11 is 0. The molecule has 0 aromatic heterocycles. The molecule has 0 radical (unpaired) electrons. The highest BCUT2D eigenvalue weighted by atomic mass is 16.5. The third-order valence-electron chi connectivity index (χ3n) is 1.39. The molecule has 0 aliphatic carbocycles. The zero-order valence-corrected chi connectivity index (χ0v) is 6.91. The highest BCUT2D eigenvalue weighted by molar-refractivity contribution is 5.71. The van der Waals surface area contributed by atoms with Crippen molar-refractivity contribution in [3.63, 3.8) is 0 Å². The fraction of sp³-hybridized carbons (Fsp3) is 0.182. The van der Waals surface area contributed by atoms with E-state index in [0.717, 1.165) is 5.56 Å². The van der Waals surface area contributed by atoms with Crippen LogP contribution in [0, 0.1) is 0 Å². The lowest BCUT2D eigenvalue weighted by atomic mass is 10.2. The summed E-state index contributed by atoms with van der Waals surface area (Å²) in [5.74, 6) is 0.240. The van der Waals surface area contributed by atoms with E-state index in [9.17, 15) is 4.79 Å². The number of benzene rings is 1. The molecule has 0 heterocycles. The minimum absolute atomic E-state index is 0. The van der Waals surface area contributed by atoms with Crippen LogP contribution >= 0.6 is 0 Å². The second-order valence-electron chi connectivity index (χ2n) is 2.34. The Bertz CT molecular complexity index is 303. The molecule has 70 valence electrons. The maximum Gasteiger partial charge on any atom is 0.308 e. The number of hydrogen-bond donors (Lipinski definition) is 0. The maximum absolute atomic E-state index is 10.6. The molecule has 1 rings (SSSR count). The molecule has 0 saturated carbocycles. The first-order valence-corrected chi connectivity index (χ1v) is 3.64. The van der Waals surface area contributed by atoms with E-state index in [1.165, 1.54) is 6.92 Å². The lowest BCUT2D eigenvalue weighted by Crippen LogP contribution is -2.02. The van der Waals surface area contributed by atoms with Crippen molar-refractivity contribution in [3.05, 3.63) is 36.4 Å². The Morgan fingerprint density at radius 1 is 1.46 bits per heavy atom. The van der Waals surface area contributed by atoms with Gasteiger partial charge in [-0.25, -0.2) is 0 Å². The predicted molar refractivity (Wildman–Crippen MR) is 54.6 cm³/mol. The summed E-state index contributed by atoms with van der Waals surface area (Å²) in [5, 5.41) is 0. The van der Waals surface area contributed by atoms with Crippen molar-refractivity contribution >= 4 is 12.0 Å². The number of esters is 1. The number of carbonyl (C=O) groups is 1. The largest absolute Gasteiger partial charge is 0.426 e. The third-order valence-corrected chi connectivity index (χ3v) is 1.39. The van der Waals surface area contributed by atoms with Crippen LogP contribution in [0.5, 0.6) is 5.75 Å². The quantitative estimate of drug-likeness (QED) is 0.514. The topological polar surface area (TPSA) is 26.3 Å². The summed E-state index contributed by atoms with van der Waals surface area (Å²) in [5.41, 5.74) is 0.827. The molecule has 13 heavy (non-hydrogen) atoms. The second kappa shape index (κ2) is 5.14. The van der Waals surface area contributed by atoms with Gasteiger partial charge in [-0.05, 0) is 6.07 Å². The van der Waals surface area contributed by atoms with Crippen molar-refractivity contribution in [2.24, 2.45) is 0 Å². The van der Waals surface area contributed by atoms with Gasteiger partial charge in [0.25, 0.3) is 0 Å². The standard InChI is InChI=1S/C10H10O2.CH4/c1-3-9-6-4-5-7-10(9)12-8(2)11;/h3-7H,1H2,2H3;1H4. The molecule has 0 aliphatic heterocycles. The summed E-state index contributed by atoms with van der Waals surface area (Å²) in [6.07, 6.45) is 1.65. The summed E-state index contributed by atoms with van der Waals surface area (Å²) in [7, 11) is 0. The molecule has 2 nitrogen and oxygen atoms in total. The lowest BCUT2D eigenvalue weighted by Gasteiger charge is -2.03. The van der Waals surface area contributed by atoms with E-state index in [1.807, 2.05) is 18.2 Å². The van der Waals surface area contributed by atoms with Crippen molar-refractivity contribution < 1.29 is 9.53 Å². The summed E-state index contributed by atoms with van der Waals surface area (Å²) in [4.78, 5) is 10.6. The number of para-hydroxylation sites is 1. The van der Waals surface area contributed by atoms with Gasteiger partial charge in [0, 0.05) is 12.5 Å². The van der Waals surface area contributed by atoms with E-state index in [1.54, 1.807) is 12.1 Å². The van der Waals surface area contributed by atoms with Crippen LogP contribution in [-0.4, -0.2) is 5.97 Å². The summed E-state index contributed by atoms with van der Waals surface area (Å²) in [6, 6.07) is 7.25. The Balaban J connectivity index is 0.00000144. The van der Waals surface area contributed by atoms with Crippen molar-refractivity contribution in [3.8, 4) is 5.75 Å². The zero-order chi connectivity index (χ0) is 8.97. The first kappa shape index (κ1) is 11.4. The van der Waals surface area contributed by atoms with Crippen molar-refractivity contribution in [1.29, 1.82) is 0 Å². The van der Waals surface area contributed by atoms with Crippen LogP contribution in [0.25, 0.3) is 6.08 Å². The summed E-state index contributed by atoms with van der Waals surface area (Å²) in [6.45, 7) is 4.98. The van der Waals surface area contributed by atoms with Crippen LogP contribution in [0.4, 0.5) is 0 Å². The zero-order valence-electron chi connectivity index (χ0n) is 6.91. The molecule has 0 aliphatic rings. The van der Waals surface area contributed by atoms with Crippen LogP contribution in [0.15, 0.2) is 30.8 Å². The minimum atomic E-state index is -0.315. The number of hydrogen-bond acceptors (Lipinski definition) is 2. The van der Waals surface area contributed by atoms with E-state index in [-0.39, 0.29) is 13.4 Å². The molecule has 0 bridgehead atoms. The molecule has 0 saturated heterocycles. The molecule has 1 aromatic rings. The van der Waals surface area contributed by atoms with Crippen molar-refractivity contribution in [2.75, 3.05) is 0 Å². The van der Waals surface area contributed by atoms with E-state index in [2.05, 4.69) is 6.58 Å². The maximum atomic E-state index is 10.6. The highest BCUT2D eigenvalue weighted by Gasteiger charge is 2.00. The van der Waals surface area contributed by atoms with E-state index < -0.39 is 0 Å². The van der Waals surface area contributed by atoms with E-state index >= 15 is 0 Å².